The molecule has 2 aromatic carbocycles. The molecule has 1 amide bonds. The second kappa shape index (κ2) is 12.1. The summed E-state index contributed by atoms with van der Waals surface area (Å²) in [6.45, 7) is 3.18. The van der Waals surface area contributed by atoms with E-state index in [9.17, 15) is 18.7 Å². The Kier molecular flexibility index (Phi) is 10.2. The Morgan fingerprint density at radius 1 is 1.04 bits per heavy atom. The smallest absolute Gasteiger partial charge is 0.251 e. The number of hydrogen-bond acceptors (Lipinski definition) is 3. The van der Waals surface area contributed by atoms with Crippen LogP contribution in [0.3, 0.4) is 0 Å². The third-order valence-corrected chi connectivity index (χ3v) is 3.59. The lowest BCUT2D eigenvalue weighted by Gasteiger charge is -2.12. The van der Waals surface area contributed by atoms with Crippen molar-refractivity contribution in [3.8, 4) is 5.75 Å². The highest BCUT2D eigenvalue weighted by Crippen LogP contribution is 2.11. The average molecular weight is 504 g/mol. The molecule has 0 aliphatic rings. The van der Waals surface area contributed by atoms with E-state index in [2.05, 4.69) is 20.9 Å². The van der Waals surface area contributed by atoms with Crippen LogP contribution >= 0.6 is 24.0 Å². The highest BCUT2D eigenvalue weighted by atomic mass is 127. The topological polar surface area (TPSA) is 85.8 Å². The molecule has 0 aromatic heterocycles. The zero-order valence-electron chi connectivity index (χ0n) is 15.3. The molecule has 0 bridgehead atoms. The van der Waals surface area contributed by atoms with E-state index < -0.39 is 11.6 Å². The summed E-state index contributed by atoms with van der Waals surface area (Å²) >= 11 is 0. The Hall–Kier alpha value is -2.43. The molecule has 28 heavy (non-hydrogen) atoms. The number of nitrogens with zero attached hydrogens (tertiary/aromatic N) is 1. The number of benzene rings is 2. The van der Waals surface area contributed by atoms with Crippen molar-refractivity contribution in [3.05, 3.63) is 65.2 Å². The molecule has 0 aliphatic carbocycles. The minimum atomic E-state index is -0.517. The molecular weight excluding hydrogens is 481 g/mol. The molecule has 152 valence electrons. The molecule has 0 spiro atoms. The number of phenolic OH excluding ortho intramolecular Hbond substituents is 1. The number of hydrogen-bond donors (Lipinski definition) is 4. The van der Waals surface area contributed by atoms with Gasteiger partial charge in [0, 0.05) is 30.8 Å². The van der Waals surface area contributed by atoms with Gasteiger partial charge in [0.25, 0.3) is 5.91 Å². The van der Waals surface area contributed by atoms with Crippen molar-refractivity contribution in [2.45, 2.75) is 13.5 Å². The second-order valence-corrected chi connectivity index (χ2v) is 5.66. The Morgan fingerprint density at radius 3 is 2.39 bits per heavy atom. The van der Waals surface area contributed by atoms with Crippen molar-refractivity contribution in [2.24, 2.45) is 4.99 Å². The van der Waals surface area contributed by atoms with E-state index in [1.165, 1.54) is 24.3 Å². The molecule has 0 atom stereocenters. The summed E-state index contributed by atoms with van der Waals surface area (Å²) < 4.78 is 26.9. The normalized spacial score (nSPS) is 10.8. The van der Waals surface area contributed by atoms with Crippen molar-refractivity contribution >= 4 is 35.8 Å². The molecule has 0 fully saturated rings. The van der Waals surface area contributed by atoms with Crippen LogP contribution in [0, 0.1) is 11.6 Å². The number of guanidine groups is 1. The van der Waals surface area contributed by atoms with Crippen molar-refractivity contribution < 1.29 is 18.7 Å². The predicted octanol–water partition coefficient (Wildman–Crippen LogP) is 2.77. The van der Waals surface area contributed by atoms with Crippen LogP contribution in [0.15, 0.2) is 47.5 Å². The predicted molar refractivity (Wildman–Crippen MR) is 115 cm³/mol. The maximum atomic E-state index is 13.6. The molecule has 6 nitrogen and oxygen atoms in total. The van der Waals surface area contributed by atoms with Gasteiger partial charge in [-0.3, -0.25) is 4.79 Å². The van der Waals surface area contributed by atoms with Crippen LogP contribution in [-0.2, 0) is 6.54 Å². The van der Waals surface area contributed by atoms with Gasteiger partial charge in [0.05, 0.1) is 6.54 Å². The maximum absolute atomic E-state index is 13.6. The summed E-state index contributed by atoms with van der Waals surface area (Å²) in [5, 5.41) is 18.0. The Labute approximate surface area is 179 Å². The van der Waals surface area contributed by atoms with Crippen LogP contribution < -0.4 is 16.0 Å². The summed E-state index contributed by atoms with van der Waals surface area (Å²) in [5.74, 6) is -0.774. The molecule has 0 radical (unpaired) electrons. The zero-order chi connectivity index (χ0) is 19.6. The van der Waals surface area contributed by atoms with Crippen LogP contribution in [0.25, 0.3) is 0 Å². The molecule has 2 rings (SSSR count). The van der Waals surface area contributed by atoms with Gasteiger partial charge in [0.1, 0.15) is 17.4 Å². The van der Waals surface area contributed by atoms with Crippen LogP contribution in [0.2, 0.25) is 0 Å². The van der Waals surface area contributed by atoms with E-state index in [0.29, 0.717) is 31.2 Å². The Balaban J connectivity index is 0.00000392. The van der Waals surface area contributed by atoms with Gasteiger partial charge >= 0.3 is 0 Å². The quantitative estimate of drug-likeness (QED) is 0.202. The summed E-state index contributed by atoms with van der Waals surface area (Å²) in [4.78, 5) is 16.2. The number of halogens is 3. The molecule has 2 aromatic rings. The second-order valence-electron chi connectivity index (χ2n) is 5.66. The fourth-order valence-electron chi connectivity index (χ4n) is 2.24. The Bertz CT molecular complexity index is 801. The highest BCUT2D eigenvalue weighted by molar-refractivity contribution is 14.0. The largest absolute Gasteiger partial charge is 0.508 e. The molecular formula is C19H23F2IN4O2. The molecule has 0 saturated carbocycles. The van der Waals surface area contributed by atoms with Gasteiger partial charge in [0.15, 0.2) is 5.96 Å². The number of aromatic hydroxyl groups is 1. The molecule has 0 unspecified atom stereocenters. The van der Waals surface area contributed by atoms with Gasteiger partial charge in [0.2, 0.25) is 0 Å². The third kappa shape index (κ3) is 7.67. The first-order chi connectivity index (χ1) is 13.0. The molecule has 0 heterocycles. The number of nitrogens with one attached hydrogen (secondary N) is 3. The van der Waals surface area contributed by atoms with E-state index >= 15 is 0 Å². The number of amides is 1. The van der Waals surface area contributed by atoms with Crippen LogP contribution in [0.4, 0.5) is 8.78 Å². The number of phenols is 1. The van der Waals surface area contributed by atoms with E-state index in [0.717, 1.165) is 18.2 Å². The molecule has 9 heteroatoms. The van der Waals surface area contributed by atoms with Gasteiger partial charge in [-0.15, -0.1) is 24.0 Å². The standard InChI is InChI=1S/C19H22F2N4O2.HI/c1-2-22-19(25-12-14-11-15(20)5-8-17(14)21)24-10-9-23-18(27)13-3-6-16(26)7-4-13;/h3-8,11,26H,2,9-10,12H2,1H3,(H,23,27)(H2,22,24,25);1H. The summed E-state index contributed by atoms with van der Waals surface area (Å²) in [6, 6.07) is 9.17. The zero-order valence-corrected chi connectivity index (χ0v) is 17.7. The van der Waals surface area contributed by atoms with Crippen molar-refractivity contribution in [2.75, 3.05) is 19.6 Å². The first-order valence-electron chi connectivity index (χ1n) is 8.53. The van der Waals surface area contributed by atoms with Crippen LogP contribution in [-0.4, -0.2) is 36.6 Å². The van der Waals surface area contributed by atoms with E-state index in [-0.39, 0.29) is 47.7 Å². The fraction of sp³-hybridized carbons (Fsp3) is 0.263. The van der Waals surface area contributed by atoms with Crippen LogP contribution in [0.1, 0.15) is 22.8 Å². The maximum Gasteiger partial charge on any atom is 0.251 e. The lowest BCUT2D eigenvalue weighted by atomic mass is 10.2. The first-order valence-corrected chi connectivity index (χ1v) is 8.53. The molecule has 0 aliphatic heterocycles. The average Bonchev–Trinajstić information content (AvgIpc) is 2.66. The summed E-state index contributed by atoms with van der Waals surface area (Å²) in [7, 11) is 0. The number of rotatable bonds is 7. The summed E-state index contributed by atoms with van der Waals surface area (Å²) in [6.07, 6.45) is 0. The van der Waals surface area contributed by atoms with E-state index in [1.54, 1.807) is 0 Å². The minimum Gasteiger partial charge on any atom is -0.508 e. The number of carbonyl (C=O) groups is 1. The van der Waals surface area contributed by atoms with Crippen molar-refractivity contribution in [1.82, 2.24) is 16.0 Å². The lowest BCUT2D eigenvalue weighted by molar-refractivity contribution is 0.0954. The first kappa shape index (κ1) is 23.6. The molecule has 0 saturated heterocycles. The van der Waals surface area contributed by atoms with E-state index in [1.807, 2.05) is 6.92 Å². The summed E-state index contributed by atoms with van der Waals surface area (Å²) in [5.41, 5.74) is 0.600. The third-order valence-electron chi connectivity index (χ3n) is 3.59. The Morgan fingerprint density at radius 2 is 1.71 bits per heavy atom. The van der Waals surface area contributed by atoms with Gasteiger partial charge in [-0.25, -0.2) is 13.8 Å². The van der Waals surface area contributed by atoms with Gasteiger partial charge in [-0.1, -0.05) is 0 Å². The van der Waals surface area contributed by atoms with Crippen molar-refractivity contribution in [3.63, 3.8) is 0 Å². The SMILES string of the molecule is CCNC(=NCc1cc(F)ccc1F)NCCNC(=O)c1ccc(O)cc1.I. The molecule has 4 N–H and O–H groups in total. The van der Waals surface area contributed by atoms with Gasteiger partial charge < -0.3 is 21.1 Å². The lowest BCUT2D eigenvalue weighted by Crippen LogP contribution is -2.41. The van der Waals surface area contributed by atoms with E-state index in [4.69, 9.17) is 0 Å². The fourth-order valence-corrected chi connectivity index (χ4v) is 2.24. The minimum absolute atomic E-state index is 0. The highest BCUT2D eigenvalue weighted by Gasteiger charge is 2.06. The number of carbonyl (C=O) groups excluding carboxylic acids is 1. The van der Waals surface area contributed by atoms with Gasteiger partial charge in [-0.2, -0.15) is 0 Å². The monoisotopic (exact) mass is 504 g/mol. The van der Waals surface area contributed by atoms with Crippen LogP contribution in [0.5, 0.6) is 5.75 Å². The van der Waals surface area contributed by atoms with Gasteiger partial charge in [-0.05, 0) is 49.4 Å². The number of aliphatic imine (C=N–C) groups is 1. The van der Waals surface area contributed by atoms with Crippen molar-refractivity contribution in [1.29, 1.82) is 0 Å².